The molecule has 0 spiro atoms. The summed E-state index contributed by atoms with van der Waals surface area (Å²) in [6.07, 6.45) is 0.0267. The van der Waals surface area contributed by atoms with Gasteiger partial charge in [-0.2, -0.15) is 0 Å². The van der Waals surface area contributed by atoms with E-state index in [1.54, 1.807) is 36.4 Å². The van der Waals surface area contributed by atoms with E-state index in [1.807, 2.05) is 45.0 Å². The molecule has 0 saturated heterocycles. The molecule has 3 rings (SSSR count). The maximum Gasteiger partial charge on any atom is 0.301 e. The number of imide groups is 1. The van der Waals surface area contributed by atoms with Gasteiger partial charge in [-0.1, -0.05) is 12.1 Å². The van der Waals surface area contributed by atoms with Crippen LogP contribution in [0.25, 0.3) is 5.57 Å². The van der Waals surface area contributed by atoms with E-state index in [-0.39, 0.29) is 11.7 Å². The highest BCUT2D eigenvalue weighted by atomic mass is 16.5. The largest absolute Gasteiger partial charge is 0.502 e. The normalized spacial score (nSPS) is 14.3. The van der Waals surface area contributed by atoms with E-state index >= 15 is 0 Å². The minimum absolute atomic E-state index is 0.00668. The van der Waals surface area contributed by atoms with Crippen LogP contribution in [0.2, 0.25) is 0 Å². The third kappa shape index (κ3) is 3.51. The number of nitrogens with zero attached hydrogens (tertiary/aromatic N) is 2. The predicted octanol–water partition coefficient (Wildman–Crippen LogP) is 3.38. The number of aliphatic hydroxyl groups is 1. The molecule has 0 atom stereocenters. The Hall–Kier alpha value is -3.28. The van der Waals surface area contributed by atoms with Gasteiger partial charge in [0, 0.05) is 19.8 Å². The molecule has 6 heteroatoms. The number of aliphatic hydroxyl groups excluding tert-OH is 1. The van der Waals surface area contributed by atoms with Gasteiger partial charge in [-0.15, -0.1) is 0 Å². The Morgan fingerprint density at radius 1 is 0.926 bits per heavy atom. The highest BCUT2D eigenvalue weighted by molar-refractivity contribution is 6.44. The average Bonchev–Trinajstić information content (AvgIpc) is 2.85. The second-order valence-corrected chi connectivity index (χ2v) is 6.77. The monoisotopic (exact) mass is 366 g/mol. The van der Waals surface area contributed by atoms with E-state index in [0.29, 0.717) is 17.0 Å². The van der Waals surface area contributed by atoms with Gasteiger partial charge >= 0.3 is 5.91 Å². The fourth-order valence-corrected chi connectivity index (χ4v) is 2.89. The zero-order chi connectivity index (χ0) is 19.7. The first-order valence-electron chi connectivity index (χ1n) is 8.66. The van der Waals surface area contributed by atoms with E-state index in [1.165, 1.54) is 0 Å². The summed E-state index contributed by atoms with van der Waals surface area (Å²) in [5.74, 6) is -1.17. The van der Waals surface area contributed by atoms with E-state index < -0.39 is 17.6 Å². The van der Waals surface area contributed by atoms with Crippen molar-refractivity contribution in [3.63, 3.8) is 0 Å². The number of hydrogen-bond donors (Lipinski definition) is 1. The van der Waals surface area contributed by atoms with Gasteiger partial charge < -0.3 is 14.7 Å². The third-order valence-electron chi connectivity index (χ3n) is 4.20. The van der Waals surface area contributed by atoms with Crippen LogP contribution in [-0.2, 0) is 9.59 Å². The van der Waals surface area contributed by atoms with Crippen LogP contribution in [0, 0.1) is 0 Å². The summed E-state index contributed by atoms with van der Waals surface area (Å²) in [6.45, 7) is 3.84. The fraction of sp³-hybridized carbons (Fsp3) is 0.238. The highest BCUT2D eigenvalue weighted by Gasteiger charge is 2.40. The van der Waals surface area contributed by atoms with Crippen molar-refractivity contribution in [3.05, 3.63) is 59.9 Å². The van der Waals surface area contributed by atoms with Crippen LogP contribution in [0.3, 0.4) is 0 Å². The maximum absolute atomic E-state index is 12.9. The van der Waals surface area contributed by atoms with Crippen LogP contribution >= 0.6 is 0 Å². The minimum atomic E-state index is -0.727. The lowest BCUT2D eigenvalue weighted by Gasteiger charge is -2.17. The average molecular weight is 366 g/mol. The van der Waals surface area contributed by atoms with Crippen molar-refractivity contribution in [2.45, 2.75) is 20.0 Å². The number of benzene rings is 2. The Morgan fingerprint density at radius 3 is 2.04 bits per heavy atom. The molecule has 2 aromatic rings. The first-order chi connectivity index (χ1) is 12.8. The topological polar surface area (TPSA) is 70.1 Å². The molecule has 0 saturated carbocycles. The summed E-state index contributed by atoms with van der Waals surface area (Å²) >= 11 is 0. The van der Waals surface area contributed by atoms with Gasteiger partial charge in [-0.25, -0.2) is 4.90 Å². The summed E-state index contributed by atoms with van der Waals surface area (Å²) in [6, 6.07) is 13.7. The van der Waals surface area contributed by atoms with Crippen molar-refractivity contribution in [1.82, 2.24) is 0 Å². The summed E-state index contributed by atoms with van der Waals surface area (Å²) in [5.41, 5.74) is 1.81. The molecule has 0 aromatic heterocycles. The molecule has 140 valence electrons. The van der Waals surface area contributed by atoms with Crippen LogP contribution in [0.5, 0.6) is 5.75 Å². The number of amides is 2. The lowest BCUT2D eigenvalue weighted by molar-refractivity contribution is -0.121. The van der Waals surface area contributed by atoms with Gasteiger partial charge in [-0.05, 0) is 55.8 Å². The Kier molecular flexibility index (Phi) is 4.90. The van der Waals surface area contributed by atoms with Gasteiger partial charge in [0.05, 0.1) is 17.4 Å². The molecule has 2 amide bonds. The Balaban J connectivity index is 1.90. The number of anilines is 2. The molecule has 0 radical (unpaired) electrons. The van der Waals surface area contributed by atoms with Crippen molar-refractivity contribution in [1.29, 1.82) is 0 Å². The minimum Gasteiger partial charge on any atom is -0.502 e. The smallest absolute Gasteiger partial charge is 0.301 e. The van der Waals surface area contributed by atoms with E-state index in [2.05, 4.69) is 0 Å². The van der Waals surface area contributed by atoms with Crippen molar-refractivity contribution < 1.29 is 19.4 Å². The first kappa shape index (κ1) is 18.5. The molecular weight excluding hydrogens is 344 g/mol. The molecule has 1 heterocycles. The molecule has 2 aromatic carbocycles. The molecule has 0 unspecified atom stereocenters. The van der Waals surface area contributed by atoms with Crippen molar-refractivity contribution in [2.24, 2.45) is 0 Å². The highest BCUT2D eigenvalue weighted by Crippen LogP contribution is 2.33. The quantitative estimate of drug-likeness (QED) is 0.822. The first-order valence-corrected chi connectivity index (χ1v) is 8.66. The molecule has 0 aliphatic carbocycles. The van der Waals surface area contributed by atoms with Crippen molar-refractivity contribution in [3.8, 4) is 5.75 Å². The SMILES string of the molecule is CC(C)Oc1ccc(C2=C(O)C(=O)N(c3ccc(N(C)C)cc3)C2=O)cc1. The Labute approximate surface area is 158 Å². The number of carbonyl (C=O) groups is 2. The fourth-order valence-electron chi connectivity index (χ4n) is 2.89. The van der Waals surface area contributed by atoms with Crippen LogP contribution < -0.4 is 14.5 Å². The maximum atomic E-state index is 12.9. The zero-order valence-corrected chi connectivity index (χ0v) is 15.8. The van der Waals surface area contributed by atoms with Gasteiger partial charge in [0.2, 0.25) is 0 Å². The van der Waals surface area contributed by atoms with Crippen LogP contribution in [0.15, 0.2) is 54.3 Å². The van der Waals surface area contributed by atoms with Gasteiger partial charge in [-0.3, -0.25) is 9.59 Å². The van der Waals surface area contributed by atoms with E-state index in [4.69, 9.17) is 4.74 Å². The molecule has 1 N–H and O–H groups in total. The standard InChI is InChI=1S/C21H22N2O4/c1-13(2)27-17-11-5-14(6-12-17)18-19(24)21(26)23(20(18)25)16-9-7-15(8-10-16)22(3)4/h5-13,24H,1-4H3. The summed E-state index contributed by atoms with van der Waals surface area (Å²) in [5, 5.41) is 10.3. The van der Waals surface area contributed by atoms with Crippen LogP contribution in [-0.4, -0.2) is 37.1 Å². The zero-order valence-electron chi connectivity index (χ0n) is 15.8. The summed E-state index contributed by atoms with van der Waals surface area (Å²) in [4.78, 5) is 28.3. The number of hydrogen-bond acceptors (Lipinski definition) is 5. The molecule has 0 bridgehead atoms. The van der Waals surface area contributed by atoms with Crippen molar-refractivity contribution >= 4 is 28.8 Å². The molecule has 1 aliphatic heterocycles. The molecule has 1 aliphatic rings. The molecular formula is C21H22N2O4. The van der Waals surface area contributed by atoms with E-state index in [0.717, 1.165) is 10.6 Å². The predicted molar refractivity (Wildman–Crippen MR) is 105 cm³/mol. The second-order valence-electron chi connectivity index (χ2n) is 6.77. The number of rotatable bonds is 5. The Bertz CT molecular complexity index is 897. The Morgan fingerprint density at radius 2 is 1.52 bits per heavy atom. The second kappa shape index (κ2) is 7.15. The van der Waals surface area contributed by atoms with Crippen molar-refractivity contribution in [2.75, 3.05) is 23.9 Å². The molecule has 27 heavy (non-hydrogen) atoms. The molecule has 0 fully saturated rings. The number of carbonyl (C=O) groups excluding carboxylic acids is 2. The molecule has 6 nitrogen and oxygen atoms in total. The summed E-state index contributed by atoms with van der Waals surface area (Å²) < 4.78 is 5.58. The lowest BCUT2D eigenvalue weighted by Crippen LogP contribution is -2.31. The van der Waals surface area contributed by atoms with E-state index in [9.17, 15) is 14.7 Å². The van der Waals surface area contributed by atoms with Gasteiger partial charge in [0.1, 0.15) is 5.75 Å². The third-order valence-corrected chi connectivity index (χ3v) is 4.20. The summed E-state index contributed by atoms with van der Waals surface area (Å²) in [7, 11) is 3.80. The number of ether oxygens (including phenoxy) is 1. The van der Waals surface area contributed by atoms with Crippen LogP contribution in [0.4, 0.5) is 11.4 Å². The van der Waals surface area contributed by atoms with Crippen LogP contribution in [0.1, 0.15) is 19.4 Å². The van der Waals surface area contributed by atoms with Gasteiger partial charge in [0.15, 0.2) is 5.76 Å². The lowest BCUT2D eigenvalue weighted by atomic mass is 10.1. The van der Waals surface area contributed by atoms with Gasteiger partial charge in [0.25, 0.3) is 5.91 Å².